The van der Waals surface area contributed by atoms with Gasteiger partial charge in [-0.3, -0.25) is 9.52 Å². The summed E-state index contributed by atoms with van der Waals surface area (Å²) in [4.78, 5) is 12.0. The molecule has 0 spiro atoms. The van der Waals surface area contributed by atoms with Crippen LogP contribution < -0.4 is 20.5 Å². The highest BCUT2D eigenvalue weighted by molar-refractivity contribution is 7.93. The van der Waals surface area contributed by atoms with E-state index in [9.17, 15) is 13.2 Å². The van der Waals surface area contributed by atoms with Crippen molar-refractivity contribution >= 4 is 34.0 Å². The van der Waals surface area contributed by atoms with Crippen LogP contribution in [-0.4, -0.2) is 38.8 Å². The van der Waals surface area contributed by atoms with Gasteiger partial charge in [-0.25, -0.2) is 8.42 Å². The van der Waals surface area contributed by atoms with Gasteiger partial charge >= 0.3 is 0 Å². The van der Waals surface area contributed by atoms with Gasteiger partial charge in [0, 0.05) is 18.3 Å². The molecular formula is C17H30ClN3O4S. The Morgan fingerprint density at radius 3 is 2.35 bits per heavy atom. The fraction of sp³-hybridized carbons (Fsp3) is 0.588. The van der Waals surface area contributed by atoms with Crippen LogP contribution in [0, 0.1) is 0 Å². The van der Waals surface area contributed by atoms with E-state index >= 15 is 0 Å². The second-order valence-electron chi connectivity index (χ2n) is 6.19. The molecule has 0 bridgehead atoms. The van der Waals surface area contributed by atoms with Crippen LogP contribution >= 0.6 is 12.4 Å². The van der Waals surface area contributed by atoms with Gasteiger partial charge in [-0.2, -0.15) is 0 Å². The smallest absolute Gasteiger partial charge is 0.241 e. The van der Waals surface area contributed by atoms with Crippen molar-refractivity contribution in [3.05, 3.63) is 24.3 Å². The maximum absolute atomic E-state index is 12.1. The van der Waals surface area contributed by atoms with E-state index in [0.717, 1.165) is 19.3 Å². The number of carbonyl (C=O) groups excluding carboxylic acids is 1. The Morgan fingerprint density at radius 2 is 1.85 bits per heavy atom. The average Bonchev–Trinajstić information content (AvgIpc) is 2.52. The van der Waals surface area contributed by atoms with Crippen LogP contribution in [0.1, 0.15) is 40.0 Å². The molecule has 0 aliphatic heterocycles. The number of sulfonamides is 1. The van der Waals surface area contributed by atoms with Gasteiger partial charge in [-0.1, -0.05) is 19.8 Å². The lowest BCUT2D eigenvalue weighted by Gasteiger charge is -2.17. The third-order valence-electron chi connectivity index (χ3n) is 3.38. The van der Waals surface area contributed by atoms with E-state index in [1.54, 1.807) is 24.3 Å². The molecule has 1 aromatic rings. The van der Waals surface area contributed by atoms with Crippen LogP contribution in [0.4, 0.5) is 5.69 Å². The number of halogens is 1. The van der Waals surface area contributed by atoms with Gasteiger partial charge in [0.1, 0.15) is 11.5 Å². The molecule has 1 aromatic carbocycles. The first-order valence-electron chi connectivity index (χ1n) is 8.52. The van der Waals surface area contributed by atoms with Crippen molar-refractivity contribution in [2.45, 2.75) is 52.2 Å². The average molecular weight is 408 g/mol. The molecule has 0 aliphatic rings. The van der Waals surface area contributed by atoms with Gasteiger partial charge in [0.25, 0.3) is 0 Å². The number of carbonyl (C=O) groups is 1. The fourth-order valence-corrected chi connectivity index (χ4v) is 3.23. The molecule has 1 unspecified atom stereocenters. The summed E-state index contributed by atoms with van der Waals surface area (Å²) in [6.07, 6.45) is 2.69. The van der Waals surface area contributed by atoms with Crippen LogP contribution in [0.15, 0.2) is 24.3 Å². The van der Waals surface area contributed by atoms with Crippen molar-refractivity contribution in [1.29, 1.82) is 0 Å². The molecule has 1 atom stereocenters. The van der Waals surface area contributed by atoms with Gasteiger partial charge < -0.3 is 15.8 Å². The first kappa shape index (κ1) is 24.5. The third-order valence-corrected chi connectivity index (χ3v) is 4.57. The minimum absolute atomic E-state index is 0. The number of rotatable bonds is 11. The number of anilines is 1. The largest absolute Gasteiger partial charge is 0.491 e. The van der Waals surface area contributed by atoms with E-state index in [2.05, 4.69) is 10.0 Å². The zero-order valence-electron chi connectivity index (χ0n) is 15.5. The predicted molar refractivity (Wildman–Crippen MR) is 107 cm³/mol. The minimum Gasteiger partial charge on any atom is -0.491 e. The highest BCUT2D eigenvalue weighted by Gasteiger charge is 2.19. The Morgan fingerprint density at radius 1 is 1.23 bits per heavy atom. The molecule has 1 rings (SSSR count). The highest BCUT2D eigenvalue weighted by atomic mass is 35.5. The molecule has 0 saturated carbocycles. The van der Waals surface area contributed by atoms with Crippen molar-refractivity contribution in [2.75, 3.05) is 17.0 Å². The second-order valence-corrected chi connectivity index (χ2v) is 7.92. The van der Waals surface area contributed by atoms with E-state index in [0.29, 0.717) is 11.4 Å². The van der Waals surface area contributed by atoms with E-state index in [1.807, 2.05) is 20.8 Å². The Bertz CT molecular complexity index is 636. The molecule has 1 amide bonds. The Balaban J connectivity index is 0.00000625. The van der Waals surface area contributed by atoms with Gasteiger partial charge in [-0.15, -0.1) is 12.4 Å². The predicted octanol–water partition coefficient (Wildman–Crippen LogP) is 2.27. The van der Waals surface area contributed by atoms with Crippen LogP contribution in [0.25, 0.3) is 0 Å². The maximum atomic E-state index is 12.1. The molecule has 150 valence electrons. The molecule has 7 nitrogen and oxygen atoms in total. The molecule has 0 radical (unpaired) electrons. The van der Waals surface area contributed by atoms with Crippen LogP contribution in [-0.2, 0) is 14.8 Å². The van der Waals surface area contributed by atoms with Gasteiger partial charge in [0.2, 0.25) is 15.9 Å². The SMILES string of the molecule is CCCCC(CN)NC(=O)CS(=O)(=O)Nc1ccc(OC(C)C)cc1.Cl. The zero-order valence-corrected chi connectivity index (χ0v) is 17.2. The van der Waals surface area contributed by atoms with Gasteiger partial charge in [0.05, 0.1) is 6.10 Å². The van der Waals surface area contributed by atoms with Crippen LogP contribution in [0.3, 0.4) is 0 Å². The zero-order chi connectivity index (χ0) is 18.9. The number of nitrogens with one attached hydrogen (secondary N) is 2. The van der Waals surface area contributed by atoms with Crippen LogP contribution in [0.5, 0.6) is 5.75 Å². The van der Waals surface area contributed by atoms with Gasteiger partial charge in [0.15, 0.2) is 0 Å². The second kappa shape index (κ2) is 12.0. The summed E-state index contributed by atoms with van der Waals surface area (Å²) in [5.74, 6) is -0.545. The third kappa shape index (κ3) is 9.84. The number of amides is 1. The highest BCUT2D eigenvalue weighted by Crippen LogP contribution is 2.17. The summed E-state index contributed by atoms with van der Waals surface area (Å²) in [5.41, 5.74) is 5.99. The molecule has 0 saturated heterocycles. The molecule has 4 N–H and O–H groups in total. The van der Waals surface area contributed by atoms with Crippen molar-refractivity contribution in [3.63, 3.8) is 0 Å². The fourth-order valence-electron chi connectivity index (χ4n) is 2.23. The Hall–Kier alpha value is -1.51. The molecule has 9 heteroatoms. The number of unbranched alkanes of at least 4 members (excludes halogenated alkanes) is 1. The number of benzene rings is 1. The summed E-state index contributed by atoms with van der Waals surface area (Å²) in [7, 11) is -3.79. The monoisotopic (exact) mass is 407 g/mol. The molecular weight excluding hydrogens is 378 g/mol. The standard InChI is InChI=1S/C17H29N3O4S.ClH/c1-4-5-6-15(11-18)19-17(21)12-25(22,23)20-14-7-9-16(10-8-14)24-13(2)3;/h7-10,13,15,20H,4-6,11-12,18H2,1-3H3,(H,19,21);1H. The Kier molecular flexibility index (Phi) is 11.3. The normalized spacial score (nSPS) is 12.2. The molecule has 0 heterocycles. The topological polar surface area (TPSA) is 111 Å². The van der Waals surface area contributed by atoms with Crippen molar-refractivity contribution < 1.29 is 17.9 Å². The molecule has 0 fully saturated rings. The first-order chi connectivity index (χ1) is 11.8. The quantitative estimate of drug-likeness (QED) is 0.521. The van der Waals surface area contributed by atoms with Gasteiger partial charge in [-0.05, 0) is 44.5 Å². The summed E-state index contributed by atoms with van der Waals surface area (Å²) in [5, 5.41) is 2.67. The van der Waals surface area contributed by atoms with E-state index in [1.165, 1.54) is 0 Å². The number of hydrogen-bond donors (Lipinski definition) is 3. The minimum atomic E-state index is -3.79. The summed E-state index contributed by atoms with van der Waals surface area (Å²) in [6.45, 7) is 6.15. The molecule has 26 heavy (non-hydrogen) atoms. The number of hydrogen-bond acceptors (Lipinski definition) is 5. The lowest BCUT2D eigenvalue weighted by atomic mass is 10.1. The lowest BCUT2D eigenvalue weighted by Crippen LogP contribution is -2.43. The first-order valence-corrected chi connectivity index (χ1v) is 10.2. The molecule has 0 aromatic heterocycles. The van der Waals surface area contributed by atoms with Crippen molar-refractivity contribution in [3.8, 4) is 5.75 Å². The van der Waals surface area contributed by atoms with Crippen molar-refractivity contribution in [1.82, 2.24) is 5.32 Å². The van der Waals surface area contributed by atoms with E-state index in [4.69, 9.17) is 10.5 Å². The maximum Gasteiger partial charge on any atom is 0.241 e. The summed E-state index contributed by atoms with van der Waals surface area (Å²) < 4.78 is 32.1. The number of ether oxygens (including phenoxy) is 1. The lowest BCUT2D eigenvalue weighted by molar-refractivity contribution is -0.119. The summed E-state index contributed by atoms with van der Waals surface area (Å²) >= 11 is 0. The van der Waals surface area contributed by atoms with Crippen LogP contribution in [0.2, 0.25) is 0 Å². The van der Waals surface area contributed by atoms with E-state index in [-0.39, 0.29) is 31.1 Å². The number of nitrogens with two attached hydrogens (primary N) is 1. The van der Waals surface area contributed by atoms with Crippen molar-refractivity contribution in [2.24, 2.45) is 5.73 Å². The Labute approximate surface area is 162 Å². The van der Waals surface area contributed by atoms with E-state index < -0.39 is 21.7 Å². The summed E-state index contributed by atoms with van der Waals surface area (Å²) in [6, 6.07) is 6.34. The molecule has 0 aliphatic carbocycles.